The van der Waals surface area contributed by atoms with Crippen LogP contribution in [-0.4, -0.2) is 30.5 Å². The third-order valence-corrected chi connectivity index (χ3v) is 1.51. The van der Waals surface area contributed by atoms with Gasteiger partial charge in [0.25, 0.3) is 0 Å². The Hall–Kier alpha value is -1.63. The summed E-state index contributed by atoms with van der Waals surface area (Å²) in [7, 11) is 0. The SMILES string of the molecule is CC(=O)OC(=O)[C@@H](N)CCCN=C(N)N. The van der Waals surface area contributed by atoms with Gasteiger partial charge in [0.1, 0.15) is 6.04 Å². The molecule has 0 aliphatic carbocycles. The molecule has 6 N–H and O–H groups in total. The molecule has 0 fully saturated rings. The topological polar surface area (TPSA) is 134 Å². The molecule has 7 heteroatoms. The lowest BCUT2D eigenvalue weighted by Crippen LogP contribution is -2.33. The van der Waals surface area contributed by atoms with E-state index in [0.29, 0.717) is 19.4 Å². The highest BCUT2D eigenvalue weighted by Gasteiger charge is 2.15. The Labute approximate surface area is 87.6 Å². The van der Waals surface area contributed by atoms with E-state index in [0.717, 1.165) is 6.92 Å². The van der Waals surface area contributed by atoms with Crippen molar-refractivity contribution in [1.29, 1.82) is 0 Å². The van der Waals surface area contributed by atoms with Crippen LogP contribution in [0.1, 0.15) is 19.8 Å². The van der Waals surface area contributed by atoms with Gasteiger partial charge < -0.3 is 21.9 Å². The lowest BCUT2D eigenvalue weighted by atomic mass is 10.2. The van der Waals surface area contributed by atoms with Crippen LogP contribution in [0.15, 0.2) is 4.99 Å². The van der Waals surface area contributed by atoms with Crippen LogP contribution in [0.25, 0.3) is 0 Å². The highest BCUT2D eigenvalue weighted by Crippen LogP contribution is 1.97. The molecule has 0 saturated carbocycles. The van der Waals surface area contributed by atoms with Crippen LogP contribution >= 0.6 is 0 Å². The number of rotatable bonds is 5. The largest absolute Gasteiger partial charge is 0.392 e. The van der Waals surface area contributed by atoms with Crippen LogP contribution in [0.5, 0.6) is 0 Å². The standard InChI is InChI=1S/C8H16N4O3/c1-5(13)15-7(14)6(9)3-2-4-12-8(10)11/h6H,2-4,9H2,1H3,(H4,10,11,12)/t6-/m0/s1. The Balaban J connectivity index is 3.74. The van der Waals surface area contributed by atoms with E-state index in [-0.39, 0.29) is 5.96 Å². The smallest absolute Gasteiger partial charge is 0.330 e. The highest BCUT2D eigenvalue weighted by atomic mass is 16.6. The van der Waals surface area contributed by atoms with Gasteiger partial charge in [-0.2, -0.15) is 0 Å². The summed E-state index contributed by atoms with van der Waals surface area (Å²) >= 11 is 0. The van der Waals surface area contributed by atoms with Crippen LogP contribution in [-0.2, 0) is 14.3 Å². The Morgan fingerprint density at radius 2 is 2.00 bits per heavy atom. The molecule has 0 spiro atoms. The van der Waals surface area contributed by atoms with Gasteiger partial charge in [-0.1, -0.05) is 0 Å². The monoisotopic (exact) mass is 216 g/mol. The molecular weight excluding hydrogens is 200 g/mol. The fourth-order valence-electron chi connectivity index (χ4n) is 0.855. The molecule has 0 aliphatic heterocycles. The Morgan fingerprint density at radius 3 is 2.47 bits per heavy atom. The van der Waals surface area contributed by atoms with Crippen LogP contribution < -0.4 is 17.2 Å². The lowest BCUT2D eigenvalue weighted by molar-refractivity contribution is -0.159. The first kappa shape index (κ1) is 13.4. The average molecular weight is 216 g/mol. The van der Waals surface area contributed by atoms with Crippen molar-refractivity contribution in [3.63, 3.8) is 0 Å². The average Bonchev–Trinajstić information content (AvgIpc) is 2.10. The number of carbonyl (C=O) groups excluding carboxylic acids is 2. The summed E-state index contributed by atoms with van der Waals surface area (Å²) in [5.74, 6) is -1.40. The summed E-state index contributed by atoms with van der Waals surface area (Å²) in [6.07, 6.45) is 0.912. The molecule has 0 aromatic rings. The number of hydrogen-bond acceptors (Lipinski definition) is 5. The van der Waals surface area contributed by atoms with E-state index in [4.69, 9.17) is 17.2 Å². The minimum atomic E-state index is -0.817. The fourth-order valence-corrected chi connectivity index (χ4v) is 0.855. The molecule has 15 heavy (non-hydrogen) atoms. The van der Waals surface area contributed by atoms with Crippen molar-refractivity contribution in [3.05, 3.63) is 0 Å². The Morgan fingerprint density at radius 1 is 1.40 bits per heavy atom. The zero-order valence-electron chi connectivity index (χ0n) is 8.60. The van der Waals surface area contributed by atoms with Crippen molar-refractivity contribution in [2.24, 2.45) is 22.2 Å². The normalized spacial score (nSPS) is 11.6. The van der Waals surface area contributed by atoms with Crippen molar-refractivity contribution in [2.45, 2.75) is 25.8 Å². The van der Waals surface area contributed by atoms with Gasteiger partial charge in [-0.25, -0.2) is 4.79 Å². The van der Waals surface area contributed by atoms with Gasteiger partial charge in [0, 0.05) is 13.5 Å². The summed E-state index contributed by atoms with van der Waals surface area (Å²) in [6.45, 7) is 1.54. The Bertz CT molecular complexity index is 261. The molecule has 0 aromatic heterocycles. The van der Waals surface area contributed by atoms with Gasteiger partial charge in [-0.3, -0.25) is 9.79 Å². The number of nitrogens with zero attached hydrogens (tertiary/aromatic N) is 1. The second-order valence-electron chi connectivity index (χ2n) is 2.97. The number of carbonyl (C=O) groups is 2. The van der Waals surface area contributed by atoms with E-state index >= 15 is 0 Å². The van der Waals surface area contributed by atoms with Crippen molar-refractivity contribution in [2.75, 3.05) is 6.54 Å². The second-order valence-corrected chi connectivity index (χ2v) is 2.97. The van der Waals surface area contributed by atoms with Crippen LogP contribution in [0.2, 0.25) is 0 Å². The minimum Gasteiger partial charge on any atom is -0.392 e. The minimum absolute atomic E-state index is 0.00474. The number of esters is 2. The fraction of sp³-hybridized carbons (Fsp3) is 0.625. The number of guanidine groups is 1. The number of nitrogens with two attached hydrogens (primary N) is 3. The Kier molecular flexibility index (Phi) is 6.03. The van der Waals surface area contributed by atoms with Gasteiger partial charge in [0.15, 0.2) is 5.96 Å². The molecule has 0 saturated heterocycles. The van der Waals surface area contributed by atoms with E-state index < -0.39 is 18.0 Å². The van der Waals surface area contributed by atoms with Crippen molar-refractivity contribution < 1.29 is 14.3 Å². The molecule has 0 radical (unpaired) electrons. The number of aliphatic imine (C=N–C) groups is 1. The van der Waals surface area contributed by atoms with Gasteiger partial charge in [0.2, 0.25) is 0 Å². The zero-order valence-corrected chi connectivity index (χ0v) is 8.60. The van der Waals surface area contributed by atoms with Gasteiger partial charge >= 0.3 is 11.9 Å². The predicted molar refractivity (Wildman–Crippen MR) is 54.7 cm³/mol. The summed E-state index contributed by atoms with van der Waals surface area (Å²) in [5, 5.41) is 0. The molecule has 1 atom stereocenters. The summed E-state index contributed by atoms with van der Waals surface area (Å²) in [4.78, 5) is 25.2. The summed E-state index contributed by atoms with van der Waals surface area (Å²) in [6, 6.07) is -0.817. The van der Waals surface area contributed by atoms with Gasteiger partial charge in [-0.05, 0) is 12.8 Å². The number of ether oxygens (including phenoxy) is 1. The van der Waals surface area contributed by atoms with E-state index in [1.54, 1.807) is 0 Å². The number of hydrogen-bond donors (Lipinski definition) is 3. The third kappa shape index (κ3) is 7.44. The third-order valence-electron chi connectivity index (χ3n) is 1.51. The highest BCUT2D eigenvalue weighted by molar-refractivity contribution is 5.87. The first-order chi connectivity index (χ1) is 6.93. The molecule has 0 amide bonds. The first-order valence-corrected chi connectivity index (χ1v) is 4.46. The van der Waals surface area contributed by atoms with E-state index in [2.05, 4.69) is 9.73 Å². The second kappa shape index (κ2) is 6.77. The maximum absolute atomic E-state index is 11.0. The molecule has 0 bridgehead atoms. The summed E-state index contributed by atoms with van der Waals surface area (Å²) in [5.41, 5.74) is 15.6. The van der Waals surface area contributed by atoms with Crippen LogP contribution in [0.4, 0.5) is 0 Å². The van der Waals surface area contributed by atoms with E-state index in [9.17, 15) is 9.59 Å². The predicted octanol–water partition coefficient (Wildman–Crippen LogP) is -1.54. The molecule has 0 aliphatic rings. The quantitative estimate of drug-likeness (QED) is 0.167. The van der Waals surface area contributed by atoms with Gasteiger partial charge in [0.05, 0.1) is 0 Å². The van der Waals surface area contributed by atoms with E-state index in [1.165, 1.54) is 0 Å². The molecule has 0 unspecified atom stereocenters. The molecule has 7 nitrogen and oxygen atoms in total. The maximum Gasteiger partial charge on any atom is 0.330 e. The van der Waals surface area contributed by atoms with E-state index in [1.807, 2.05) is 0 Å². The van der Waals surface area contributed by atoms with Gasteiger partial charge in [-0.15, -0.1) is 0 Å². The molecule has 86 valence electrons. The first-order valence-electron chi connectivity index (χ1n) is 4.46. The van der Waals surface area contributed by atoms with Crippen molar-refractivity contribution >= 4 is 17.9 Å². The molecule has 0 rings (SSSR count). The zero-order chi connectivity index (χ0) is 11.8. The molecule has 0 aromatic carbocycles. The van der Waals surface area contributed by atoms with Crippen molar-refractivity contribution in [1.82, 2.24) is 0 Å². The molecule has 0 heterocycles. The van der Waals surface area contributed by atoms with Crippen LogP contribution in [0, 0.1) is 0 Å². The summed E-state index contributed by atoms with van der Waals surface area (Å²) < 4.78 is 4.30. The van der Waals surface area contributed by atoms with Crippen molar-refractivity contribution in [3.8, 4) is 0 Å². The lowest BCUT2D eigenvalue weighted by Gasteiger charge is -2.07. The van der Waals surface area contributed by atoms with Crippen LogP contribution in [0.3, 0.4) is 0 Å². The molecular formula is C8H16N4O3. The maximum atomic E-state index is 11.0.